The number of aromatic nitrogens is 2. The Morgan fingerprint density at radius 2 is 1.91 bits per heavy atom. The number of rotatable bonds is 7. The Bertz CT molecular complexity index is 1130. The van der Waals surface area contributed by atoms with Crippen LogP contribution in [0.15, 0.2) is 59.7 Å². The van der Waals surface area contributed by atoms with E-state index in [1.54, 1.807) is 18.2 Å². The Labute approximate surface area is 193 Å². The quantitative estimate of drug-likeness (QED) is 0.421. The number of anilines is 1. The van der Waals surface area contributed by atoms with E-state index >= 15 is 0 Å². The molecule has 0 radical (unpaired) electrons. The molecule has 8 heteroatoms. The summed E-state index contributed by atoms with van der Waals surface area (Å²) in [5, 5.41) is 13.9. The van der Waals surface area contributed by atoms with E-state index < -0.39 is 5.91 Å². The third-order valence-corrected chi connectivity index (χ3v) is 5.32. The van der Waals surface area contributed by atoms with Crippen molar-refractivity contribution in [1.29, 1.82) is 0 Å². The van der Waals surface area contributed by atoms with Crippen molar-refractivity contribution in [2.45, 2.75) is 26.2 Å². The number of nitrogens with zero attached hydrogens (tertiary/aromatic N) is 4. The molecule has 0 aliphatic carbocycles. The van der Waals surface area contributed by atoms with Crippen molar-refractivity contribution < 1.29 is 14.6 Å². The molecule has 1 amide bonds. The van der Waals surface area contributed by atoms with Gasteiger partial charge in [0.1, 0.15) is 5.69 Å². The lowest BCUT2D eigenvalue weighted by Crippen LogP contribution is -2.32. The monoisotopic (exact) mass is 445 g/mol. The maximum Gasteiger partial charge on any atom is 0.290 e. The first-order valence-electron chi connectivity index (χ1n) is 11.1. The van der Waals surface area contributed by atoms with Gasteiger partial charge in [-0.3, -0.25) is 4.79 Å². The molecule has 3 aromatic rings. The maximum absolute atomic E-state index is 12.9. The van der Waals surface area contributed by atoms with Crippen molar-refractivity contribution in [2.24, 2.45) is 5.10 Å². The molecular weight excluding hydrogens is 418 g/mol. The van der Waals surface area contributed by atoms with Gasteiger partial charge in [-0.25, -0.2) is 15.4 Å². The van der Waals surface area contributed by atoms with E-state index in [2.05, 4.69) is 20.4 Å². The molecule has 1 aliphatic heterocycles. The highest BCUT2D eigenvalue weighted by Gasteiger charge is 2.18. The molecule has 4 rings (SSSR count). The van der Waals surface area contributed by atoms with Crippen LogP contribution in [0.1, 0.15) is 42.2 Å². The second-order valence-corrected chi connectivity index (χ2v) is 7.71. The number of aromatic hydroxyl groups is 1. The molecule has 1 saturated heterocycles. The molecular formula is C25H27N5O3. The molecule has 33 heavy (non-hydrogen) atoms. The lowest BCUT2D eigenvalue weighted by atomic mass is 10.1. The Morgan fingerprint density at radius 1 is 1.12 bits per heavy atom. The number of phenolic OH excluding ortho intramolecular Hbond substituents is 1. The summed E-state index contributed by atoms with van der Waals surface area (Å²) in [6, 6.07) is 16.3. The number of nitrogens with one attached hydrogen (secondary N) is 1. The number of carbonyl (C=O) groups is 1. The predicted octanol–water partition coefficient (Wildman–Crippen LogP) is 4.00. The van der Waals surface area contributed by atoms with Crippen molar-refractivity contribution in [3.8, 4) is 22.8 Å². The van der Waals surface area contributed by atoms with E-state index in [1.165, 1.54) is 18.7 Å². The number of piperidine rings is 1. The zero-order valence-electron chi connectivity index (χ0n) is 18.6. The van der Waals surface area contributed by atoms with Crippen LogP contribution in [0.3, 0.4) is 0 Å². The topological polar surface area (TPSA) is 99.9 Å². The molecule has 8 nitrogen and oxygen atoms in total. The summed E-state index contributed by atoms with van der Waals surface area (Å²) in [5.41, 5.74) is 5.09. The van der Waals surface area contributed by atoms with Gasteiger partial charge in [0, 0.05) is 18.7 Å². The fourth-order valence-electron chi connectivity index (χ4n) is 3.65. The standard InChI is InChI=1S/C25H27N5O3/c1-2-33-23-15-18(11-12-22(23)31)17-26-29-24(32)21-16-20(19-9-5-3-6-10-19)27-25(28-21)30-13-7-4-8-14-30/h3,5-6,9-12,15-17,31H,2,4,7-8,13-14H2,1H3,(H,29,32)/b26-17+. The smallest absolute Gasteiger partial charge is 0.290 e. The lowest BCUT2D eigenvalue weighted by molar-refractivity contribution is 0.0950. The highest BCUT2D eigenvalue weighted by molar-refractivity contribution is 5.94. The highest BCUT2D eigenvalue weighted by Crippen LogP contribution is 2.26. The average molecular weight is 446 g/mol. The number of ether oxygens (including phenoxy) is 1. The molecule has 0 spiro atoms. The van der Waals surface area contributed by atoms with Gasteiger partial charge in [0.25, 0.3) is 5.91 Å². The van der Waals surface area contributed by atoms with Crippen LogP contribution >= 0.6 is 0 Å². The molecule has 0 bridgehead atoms. The van der Waals surface area contributed by atoms with Crippen LogP contribution in [-0.4, -0.2) is 46.9 Å². The number of amides is 1. The summed E-state index contributed by atoms with van der Waals surface area (Å²) in [4.78, 5) is 24.3. The first-order chi connectivity index (χ1) is 16.1. The molecule has 0 atom stereocenters. The van der Waals surface area contributed by atoms with Gasteiger partial charge in [-0.1, -0.05) is 30.3 Å². The van der Waals surface area contributed by atoms with Crippen LogP contribution in [0.4, 0.5) is 5.95 Å². The Kier molecular flexibility index (Phi) is 7.14. The van der Waals surface area contributed by atoms with E-state index in [0.717, 1.165) is 31.5 Å². The molecule has 2 aromatic carbocycles. The summed E-state index contributed by atoms with van der Waals surface area (Å²) >= 11 is 0. The van der Waals surface area contributed by atoms with Gasteiger partial charge in [-0.15, -0.1) is 0 Å². The number of phenols is 1. The zero-order valence-corrected chi connectivity index (χ0v) is 18.6. The molecule has 170 valence electrons. The molecule has 1 fully saturated rings. The van der Waals surface area contributed by atoms with E-state index in [0.29, 0.717) is 29.6 Å². The van der Waals surface area contributed by atoms with Crippen molar-refractivity contribution in [2.75, 3.05) is 24.6 Å². The highest BCUT2D eigenvalue weighted by atomic mass is 16.5. The number of hydrogen-bond donors (Lipinski definition) is 2. The zero-order chi connectivity index (χ0) is 23.0. The molecule has 0 saturated carbocycles. The summed E-state index contributed by atoms with van der Waals surface area (Å²) < 4.78 is 5.38. The third-order valence-electron chi connectivity index (χ3n) is 5.32. The largest absolute Gasteiger partial charge is 0.504 e. The van der Waals surface area contributed by atoms with Crippen LogP contribution in [0.25, 0.3) is 11.3 Å². The summed E-state index contributed by atoms with van der Waals surface area (Å²) in [7, 11) is 0. The minimum atomic E-state index is -0.423. The van der Waals surface area contributed by atoms with Crippen LogP contribution in [0, 0.1) is 0 Å². The van der Waals surface area contributed by atoms with Gasteiger partial charge in [-0.05, 0) is 56.0 Å². The van der Waals surface area contributed by atoms with E-state index in [4.69, 9.17) is 9.72 Å². The average Bonchev–Trinajstić information content (AvgIpc) is 2.87. The Hall–Kier alpha value is -3.94. The molecule has 0 unspecified atom stereocenters. The number of hydrazone groups is 1. The lowest BCUT2D eigenvalue weighted by Gasteiger charge is -2.27. The summed E-state index contributed by atoms with van der Waals surface area (Å²) in [6.45, 7) is 4.02. The van der Waals surface area contributed by atoms with Gasteiger partial charge in [0.15, 0.2) is 11.5 Å². The second kappa shape index (κ2) is 10.6. The Balaban J connectivity index is 1.56. The van der Waals surface area contributed by atoms with Crippen molar-refractivity contribution >= 4 is 18.1 Å². The SMILES string of the molecule is CCOc1cc(/C=N/NC(=O)c2cc(-c3ccccc3)nc(N3CCCCC3)n2)ccc1O. The normalized spacial score (nSPS) is 13.8. The van der Waals surface area contributed by atoms with Crippen LogP contribution in [0.5, 0.6) is 11.5 Å². The minimum Gasteiger partial charge on any atom is -0.504 e. The van der Waals surface area contributed by atoms with Gasteiger partial charge >= 0.3 is 0 Å². The van der Waals surface area contributed by atoms with E-state index in [1.807, 2.05) is 37.3 Å². The van der Waals surface area contributed by atoms with Crippen LogP contribution in [0.2, 0.25) is 0 Å². The maximum atomic E-state index is 12.9. The molecule has 2 heterocycles. The van der Waals surface area contributed by atoms with Gasteiger partial charge in [0.2, 0.25) is 5.95 Å². The van der Waals surface area contributed by atoms with Crippen molar-refractivity contribution in [3.05, 3.63) is 65.9 Å². The fourth-order valence-corrected chi connectivity index (χ4v) is 3.65. The van der Waals surface area contributed by atoms with Gasteiger partial charge < -0.3 is 14.7 Å². The number of carbonyl (C=O) groups excluding carboxylic acids is 1. The van der Waals surface area contributed by atoms with E-state index in [9.17, 15) is 9.90 Å². The summed E-state index contributed by atoms with van der Waals surface area (Å²) in [6.07, 6.45) is 4.85. The van der Waals surface area contributed by atoms with Crippen LogP contribution < -0.4 is 15.1 Å². The number of hydrogen-bond acceptors (Lipinski definition) is 7. The van der Waals surface area contributed by atoms with Crippen molar-refractivity contribution in [3.63, 3.8) is 0 Å². The molecule has 1 aromatic heterocycles. The van der Waals surface area contributed by atoms with Gasteiger partial charge in [-0.2, -0.15) is 5.10 Å². The first kappa shape index (κ1) is 22.3. The van der Waals surface area contributed by atoms with Crippen molar-refractivity contribution in [1.82, 2.24) is 15.4 Å². The van der Waals surface area contributed by atoms with Crippen LogP contribution in [-0.2, 0) is 0 Å². The first-order valence-corrected chi connectivity index (χ1v) is 11.1. The predicted molar refractivity (Wildman–Crippen MR) is 128 cm³/mol. The second-order valence-electron chi connectivity index (χ2n) is 7.71. The summed E-state index contributed by atoms with van der Waals surface area (Å²) in [5.74, 6) is 0.554. The van der Waals surface area contributed by atoms with Gasteiger partial charge in [0.05, 0.1) is 18.5 Å². The fraction of sp³-hybridized carbons (Fsp3) is 0.280. The number of benzene rings is 2. The molecule has 1 aliphatic rings. The molecule has 2 N–H and O–H groups in total. The minimum absolute atomic E-state index is 0.0534. The third kappa shape index (κ3) is 5.65. The Morgan fingerprint density at radius 3 is 2.67 bits per heavy atom. The van der Waals surface area contributed by atoms with E-state index in [-0.39, 0.29) is 11.4 Å².